The minimum atomic E-state index is -1.04. The Bertz CT molecular complexity index is 387. The Morgan fingerprint density at radius 3 is 2.54 bits per heavy atom. The molecule has 0 fully saturated rings. The van der Waals surface area contributed by atoms with E-state index < -0.39 is 17.4 Å². The van der Waals surface area contributed by atoms with Crippen molar-refractivity contribution in [3.63, 3.8) is 0 Å². The van der Waals surface area contributed by atoms with E-state index in [0.29, 0.717) is 0 Å². The fourth-order valence-corrected chi connectivity index (χ4v) is 1.04. The summed E-state index contributed by atoms with van der Waals surface area (Å²) in [6.45, 7) is 0. The van der Waals surface area contributed by atoms with E-state index in [-0.39, 0.29) is 10.6 Å². The van der Waals surface area contributed by atoms with E-state index in [1.165, 1.54) is 6.07 Å². The molecule has 0 spiro atoms. The van der Waals surface area contributed by atoms with Crippen LogP contribution >= 0.6 is 11.6 Å². The molecule has 0 unspecified atom stereocenters. The monoisotopic (exact) mass is 203 g/mol. The summed E-state index contributed by atoms with van der Waals surface area (Å²) in [6, 6.07) is 2.44. The molecule has 2 nitrogen and oxygen atoms in total. The Balaban J connectivity index is 3.50. The quantitative estimate of drug-likeness (QED) is 0.657. The van der Waals surface area contributed by atoms with E-state index in [1.54, 1.807) is 0 Å². The highest BCUT2D eigenvalue weighted by molar-refractivity contribution is 6.31. The second-order valence-electron chi connectivity index (χ2n) is 2.18. The molecule has 0 aliphatic carbocycles. The van der Waals surface area contributed by atoms with Gasteiger partial charge in [-0.2, -0.15) is 5.26 Å². The molecule has 1 rings (SSSR count). The summed E-state index contributed by atoms with van der Waals surface area (Å²) in [5.74, 6) is -2.67. The van der Waals surface area contributed by atoms with Gasteiger partial charge in [0.2, 0.25) is 0 Å². The standard InChI is InChI=1S/C8H4ClF2NO/c1-13-8-6(10)4(3-12)2-5(9)7(8)11/h2H,1H3. The van der Waals surface area contributed by atoms with Crippen LogP contribution in [0.25, 0.3) is 0 Å². The van der Waals surface area contributed by atoms with E-state index in [4.69, 9.17) is 16.9 Å². The summed E-state index contributed by atoms with van der Waals surface area (Å²) < 4.78 is 30.5. The maximum Gasteiger partial charge on any atom is 0.193 e. The van der Waals surface area contributed by atoms with Gasteiger partial charge in [-0.15, -0.1) is 0 Å². The van der Waals surface area contributed by atoms with Crippen LogP contribution < -0.4 is 4.74 Å². The van der Waals surface area contributed by atoms with E-state index in [9.17, 15) is 8.78 Å². The highest BCUT2D eigenvalue weighted by atomic mass is 35.5. The summed E-state index contributed by atoms with van der Waals surface area (Å²) in [5.41, 5.74) is -0.344. The number of halogens is 3. The number of nitriles is 1. The number of hydrogen-bond acceptors (Lipinski definition) is 2. The Labute approximate surface area is 78.3 Å². The average Bonchev–Trinajstić information content (AvgIpc) is 2.12. The third-order valence-electron chi connectivity index (χ3n) is 1.44. The number of benzene rings is 1. The van der Waals surface area contributed by atoms with Crippen molar-refractivity contribution in [1.82, 2.24) is 0 Å². The molecule has 0 atom stereocenters. The predicted molar refractivity (Wildman–Crippen MR) is 42.6 cm³/mol. The lowest BCUT2D eigenvalue weighted by molar-refractivity contribution is 0.359. The molecule has 0 amide bonds. The molecule has 5 heteroatoms. The van der Waals surface area contributed by atoms with Crippen molar-refractivity contribution in [2.24, 2.45) is 0 Å². The second kappa shape index (κ2) is 3.58. The zero-order valence-corrected chi connectivity index (χ0v) is 7.32. The van der Waals surface area contributed by atoms with Crippen LogP contribution in [0, 0.1) is 23.0 Å². The van der Waals surface area contributed by atoms with Gasteiger partial charge in [0.1, 0.15) is 6.07 Å². The number of rotatable bonds is 1. The molecule has 0 heterocycles. The van der Waals surface area contributed by atoms with Crippen LogP contribution in [0.2, 0.25) is 5.02 Å². The van der Waals surface area contributed by atoms with Gasteiger partial charge in [0.15, 0.2) is 17.4 Å². The summed E-state index contributed by atoms with van der Waals surface area (Å²) >= 11 is 5.38. The van der Waals surface area contributed by atoms with Gasteiger partial charge in [-0.25, -0.2) is 8.78 Å². The van der Waals surface area contributed by atoms with E-state index in [2.05, 4.69) is 4.74 Å². The van der Waals surface area contributed by atoms with Crippen molar-refractivity contribution in [3.05, 3.63) is 28.3 Å². The minimum absolute atomic E-state index is 0.338. The van der Waals surface area contributed by atoms with Crippen LogP contribution in [0.3, 0.4) is 0 Å². The van der Waals surface area contributed by atoms with Gasteiger partial charge in [-0.3, -0.25) is 0 Å². The highest BCUT2D eigenvalue weighted by Gasteiger charge is 2.17. The van der Waals surface area contributed by atoms with E-state index in [0.717, 1.165) is 13.2 Å². The molecule has 0 aliphatic rings. The molecule has 0 radical (unpaired) electrons. The van der Waals surface area contributed by atoms with Crippen molar-refractivity contribution in [1.29, 1.82) is 5.26 Å². The van der Waals surface area contributed by atoms with Crippen LogP contribution in [0.1, 0.15) is 5.56 Å². The first-order chi connectivity index (χ1) is 6.11. The van der Waals surface area contributed by atoms with Gasteiger partial charge in [-0.1, -0.05) is 11.6 Å². The maximum absolute atomic E-state index is 13.1. The van der Waals surface area contributed by atoms with E-state index >= 15 is 0 Å². The van der Waals surface area contributed by atoms with Crippen molar-refractivity contribution in [3.8, 4) is 11.8 Å². The van der Waals surface area contributed by atoms with Crippen molar-refractivity contribution >= 4 is 11.6 Å². The lowest BCUT2D eigenvalue weighted by Gasteiger charge is -2.05. The lowest BCUT2D eigenvalue weighted by Crippen LogP contribution is -1.96. The number of methoxy groups -OCH3 is 1. The molecule has 0 aromatic heterocycles. The lowest BCUT2D eigenvalue weighted by atomic mass is 10.2. The minimum Gasteiger partial charge on any atom is -0.491 e. The Morgan fingerprint density at radius 1 is 1.46 bits per heavy atom. The van der Waals surface area contributed by atoms with Crippen molar-refractivity contribution in [2.45, 2.75) is 0 Å². The number of ether oxygens (including phenoxy) is 1. The van der Waals surface area contributed by atoms with Gasteiger partial charge in [-0.05, 0) is 6.07 Å². The first-order valence-electron chi connectivity index (χ1n) is 3.23. The third-order valence-corrected chi connectivity index (χ3v) is 1.72. The predicted octanol–water partition coefficient (Wildman–Crippen LogP) is 2.50. The molecule has 0 bridgehead atoms. The summed E-state index contributed by atoms with van der Waals surface area (Å²) in [4.78, 5) is 0. The van der Waals surface area contributed by atoms with Crippen LogP contribution in [-0.4, -0.2) is 7.11 Å². The first-order valence-corrected chi connectivity index (χ1v) is 3.61. The molecular formula is C8H4ClF2NO. The molecule has 0 aliphatic heterocycles. The molecule has 0 saturated carbocycles. The fraction of sp³-hybridized carbons (Fsp3) is 0.125. The van der Waals surface area contributed by atoms with Crippen LogP contribution in [0.15, 0.2) is 6.07 Å². The molecule has 68 valence electrons. The van der Waals surface area contributed by atoms with Gasteiger partial charge >= 0.3 is 0 Å². The normalized spacial score (nSPS) is 9.46. The molecule has 1 aromatic rings. The Kier molecular flexibility index (Phi) is 2.69. The van der Waals surface area contributed by atoms with Gasteiger partial charge in [0.05, 0.1) is 17.7 Å². The van der Waals surface area contributed by atoms with Gasteiger partial charge < -0.3 is 4.74 Å². The molecular weight excluding hydrogens is 200 g/mol. The fourth-order valence-electron chi connectivity index (χ4n) is 0.841. The van der Waals surface area contributed by atoms with Crippen molar-refractivity contribution < 1.29 is 13.5 Å². The summed E-state index contributed by atoms with van der Waals surface area (Å²) in [6.07, 6.45) is 0. The first kappa shape index (κ1) is 9.75. The average molecular weight is 204 g/mol. The zero-order chi connectivity index (χ0) is 10.0. The molecule has 0 saturated heterocycles. The van der Waals surface area contributed by atoms with Crippen LogP contribution in [-0.2, 0) is 0 Å². The number of nitrogens with zero attached hydrogens (tertiary/aromatic N) is 1. The molecule has 1 aromatic carbocycles. The zero-order valence-electron chi connectivity index (χ0n) is 6.57. The van der Waals surface area contributed by atoms with E-state index in [1.807, 2.05) is 0 Å². The largest absolute Gasteiger partial charge is 0.491 e. The van der Waals surface area contributed by atoms with Crippen molar-refractivity contribution in [2.75, 3.05) is 7.11 Å². The maximum atomic E-state index is 13.1. The number of hydrogen-bond donors (Lipinski definition) is 0. The van der Waals surface area contributed by atoms with Crippen LogP contribution in [0.5, 0.6) is 5.75 Å². The summed E-state index contributed by atoms with van der Waals surface area (Å²) in [7, 11) is 1.10. The molecule has 13 heavy (non-hydrogen) atoms. The molecule has 0 N–H and O–H groups in total. The van der Waals surface area contributed by atoms with Gasteiger partial charge in [0.25, 0.3) is 0 Å². The summed E-state index contributed by atoms with van der Waals surface area (Å²) in [5, 5.41) is 8.09. The smallest absolute Gasteiger partial charge is 0.193 e. The highest BCUT2D eigenvalue weighted by Crippen LogP contribution is 2.29. The second-order valence-corrected chi connectivity index (χ2v) is 2.59. The van der Waals surface area contributed by atoms with Crippen LogP contribution in [0.4, 0.5) is 8.78 Å². The third kappa shape index (κ3) is 1.56. The topological polar surface area (TPSA) is 33.0 Å². The Morgan fingerprint density at radius 2 is 2.08 bits per heavy atom. The SMILES string of the molecule is COc1c(F)c(Cl)cc(C#N)c1F. The Hall–Kier alpha value is -1.34. The van der Waals surface area contributed by atoms with Gasteiger partial charge in [0, 0.05) is 0 Å².